The Labute approximate surface area is 186 Å². The molecule has 1 aromatic carbocycles. The molecule has 2 atom stereocenters. The highest BCUT2D eigenvalue weighted by atomic mass is 16.8. The molecule has 6 fully saturated rings. The van der Waals surface area contributed by atoms with Crippen LogP contribution >= 0.6 is 0 Å². The molecule has 4 bridgehead atoms. The second-order valence-electron chi connectivity index (χ2n) is 10.5. The third kappa shape index (κ3) is 3.39. The lowest BCUT2D eigenvalue weighted by molar-refractivity contribution is -0.384. The van der Waals surface area contributed by atoms with E-state index in [1.54, 1.807) is 0 Å². The molecule has 5 saturated carbocycles. The Hall–Kier alpha value is -2.19. The fourth-order valence-corrected chi connectivity index (χ4v) is 7.40. The molecule has 2 unspecified atom stereocenters. The molecule has 8 nitrogen and oxygen atoms in total. The van der Waals surface area contributed by atoms with Gasteiger partial charge in [-0.2, -0.15) is 0 Å². The molecule has 0 radical (unpaired) electrons. The van der Waals surface area contributed by atoms with Crippen molar-refractivity contribution in [3.8, 4) is 5.75 Å². The zero-order valence-corrected chi connectivity index (χ0v) is 18.1. The quantitative estimate of drug-likeness (QED) is 0.281. The van der Waals surface area contributed by atoms with Gasteiger partial charge >= 0.3 is 6.16 Å². The number of benzene rings is 1. The van der Waals surface area contributed by atoms with Crippen molar-refractivity contribution in [2.75, 3.05) is 6.61 Å². The maximum atomic E-state index is 12.3. The van der Waals surface area contributed by atoms with E-state index < -0.39 is 16.9 Å². The van der Waals surface area contributed by atoms with Gasteiger partial charge in [0.25, 0.3) is 5.69 Å². The minimum atomic E-state index is -0.803. The number of nitro groups is 1. The first-order valence-corrected chi connectivity index (χ1v) is 11.9. The predicted molar refractivity (Wildman–Crippen MR) is 112 cm³/mol. The normalized spacial score (nSPS) is 41.8. The molecule has 32 heavy (non-hydrogen) atoms. The first-order valence-electron chi connectivity index (χ1n) is 11.9. The molecule has 1 saturated heterocycles. The minimum absolute atomic E-state index is 0.0609. The molecular formula is C24H29NO7. The Morgan fingerprint density at radius 1 is 1.06 bits per heavy atom. The van der Waals surface area contributed by atoms with Crippen molar-refractivity contribution in [3.63, 3.8) is 0 Å². The molecule has 6 aliphatic rings. The highest BCUT2D eigenvalue weighted by Crippen LogP contribution is 2.63. The van der Waals surface area contributed by atoms with Gasteiger partial charge in [0.15, 0.2) is 5.79 Å². The van der Waals surface area contributed by atoms with Crippen LogP contribution in [0.1, 0.15) is 57.8 Å². The molecule has 1 heterocycles. The predicted octanol–water partition coefficient (Wildman–Crippen LogP) is 4.99. The Bertz CT molecular complexity index is 887. The first kappa shape index (κ1) is 20.4. The fraction of sp³-hybridized carbons (Fsp3) is 0.708. The van der Waals surface area contributed by atoms with E-state index in [1.807, 2.05) is 0 Å². The van der Waals surface area contributed by atoms with Crippen LogP contribution in [0.15, 0.2) is 24.3 Å². The summed E-state index contributed by atoms with van der Waals surface area (Å²) in [6.07, 6.45) is 8.32. The molecule has 0 N–H and O–H groups in total. The van der Waals surface area contributed by atoms with Gasteiger partial charge in [-0.25, -0.2) is 4.79 Å². The Morgan fingerprint density at radius 3 is 2.41 bits per heavy atom. The molecule has 1 aromatic rings. The summed E-state index contributed by atoms with van der Waals surface area (Å²) in [6, 6.07) is 5.37. The largest absolute Gasteiger partial charge is 0.514 e. The Morgan fingerprint density at radius 2 is 1.75 bits per heavy atom. The van der Waals surface area contributed by atoms with Crippen LogP contribution in [-0.4, -0.2) is 35.2 Å². The Kier molecular flexibility index (Phi) is 4.73. The summed E-state index contributed by atoms with van der Waals surface area (Å²) in [4.78, 5) is 22.6. The average Bonchev–Trinajstić information content (AvgIpc) is 3.11. The number of nitro benzene ring substituents is 1. The van der Waals surface area contributed by atoms with Crippen LogP contribution in [0.5, 0.6) is 5.75 Å². The number of nitrogens with zero attached hydrogens (tertiary/aromatic N) is 1. The monoisotopic (exact) mass is 443 g/mol. The standard InChI is InChI=1S/C24H29NO7/c26-22(30-20-5-3-19(4-6-20)25(27)28)31-21-2-1-7-23(13-21)29-14-24(32-23)17-9-15-8-16(11-17)12-18(24)10-15/h3-6,15-18,21H,1-2,7-14H2. The van der Waals surface area contributed by atoms with Gasteiger partial charge < -0.3 is 18.9 Å². The van der Waals surface area contributed by atoms with Crippen LogP contribution in [0, 0.1) is 33.8 Å². The molecule has 5 aliphatic carbocycles. The van der Waals surface area contributed by atoms with E-state index in [2.05, 4.69) is 0 Å². The van der Waals surface area contributed by atoms with Crippen molar-refractivity contribution in [3.05, 3.63) is 34.4 Å². The van der Waals surface area contributed by atoms with Gasteiger partial charge in [0.2, 0.25) is 0 Å². The smallest absolute Gasteiger partial charge is 0.430 e. The minimum Gasteiger partial charge on any atom is -0.430 e. The van der Waals surface area contributed by atoms with E-state index in [1.165, 1.54) is 56.4 Å². The van der Waals surface area contributed by atoms with Gasteiger partial charge in [-0.3, -0.25) is 10.1 Å². The van der Waals surface area contributed by atoms with E-state index in [4.69, 9.17) is 18.9 Å². The van der Waals surface area contributed by atoms with Crippen molar-refractivity contribution in [2.45, 2.75) is 75.3 Å². The number of carbonyl (C=O) groups is 1. The van der Waals surface area contributed by atoms with Crippen LogP contribution in [0.3, 0.4) is 0 Å². The van der Waals surface area contributed by atoms with Gasteiger partial charge in [0.1, 0.15) is 17.5 Å². The number of carbonyl (C=O) groups excluding carboxylic acids is 1. The summed E-state index contributed by atoms with van der Waals surface area (Å²) in [5.41, 5.74) is -0.205. The lowest BCUT2D eigenvalue weighted by Crippen LogP contribution is -2.60. The van der Waals surface area contributed by atoms with Gasteiger partial charge in [-0.1, -0.05) is 0 Å². The van der Waals surface area contributed by atoms with Crippen LogP contribution in [-0.2, 0) is 14.2 Å². The molecule has 0 aromatic heterocycles. The van der Waals surface area contributed by atoms with E-state index in [-0.39, 0.29) is 23.1 Å². The van der Waals surface area contributed by atoms with E-state index in [0.29, 0.717) is 24.9 Å². The average molecular weight is 443 g/mol. The topological polar surface area (TPSA) is 97.1 Å². The SMILES string of the molecule is O=C(Oc1ccc([N+](=O)[O-])cc1)OC1CCCC2(C1)OCC1(O2)C2CC3CC(C2)CC1C3. The zero-order chi connectivity index (χ0) is 21.9. The number of ether oxygens (including phenoxy) is 4. The summed E-state index contributed by atoms with van der Waals surface area (Å²) in [6.45, 7) is 0.668. The van der Waals surface area contributed by atoms with Gasteiger partial charge in [0, 0.05) is 25.0 Å². The highest BCUT2D eigenvalue weighted by molar-refractivity contribution is 5.64. The van der Waals surface area contributed by atoms with E-state index in [0.717, 1.165) is 31.1 Å². The molecule has 172 valence electrons. The van der Waals surface area contributed by atoms with Crippen LogP contribution < -0.4 is 4.74 Å². The lowest BCUT2D eigenvalue weighted by atomic mass is 9.50. The second-order valence-corrected chi connectivity index (χ2v) is 10.5. The van der Waals surface area contributed by atoms with E-state index >= 15 is 0 Å². The molecule has 7 rings (SSSR count). The zero-order valence-electron chi connectivity index (χ0n) is 18.1. The molecule has 2 spiro atoms. The highest BCUT2D eigenvalue weighted by Gasteiger charge is 2.64. The summed E-state index contributed by atoms with van der Waals surface area (Å²) < 4.78 is 24.1. The molecular weight excluding hydrogens is 414 g/mol. The first-order chi connectivity index (χ1) is 15.4. The summed E-state index contributed by atoms with van der Waals surface area (Å²) in [7, 11) is 0. The molecule has 0 amide bonds. The Balaban J connectivity index is 1.09. The van der Waals surface area contributed by atoms with Gasteiger partial charge in [-0.05, 0) is 80.8 Å². The summed E-state index contributed by atoms with van der Waals surface area (Å²) >= 11 is 0. The van der Waals surface area contributed by atoms with Crippen LogP contribution in [0.4, 0.5) is 10.5 Å². The fourth-order valence-electron chi connectivity index (χ4n) is 7.40. The van der Waals surface area contributed by atoms with Crippen molar-refractivity contribution in [2.24, 2.45) is 23.7 Å². The second kappa shape index (κ2) is 7.42. The summed E-state index contributed by atoms with van der Waals surface area (Å²) in [5.74, 6) is 2.51. The third-order valence-corrected chi connectivity index (χ3v) is 8.59. The maximum absolute atomic E-state index is 12.3. The van der Waals surface area contributed by atoms with Crippen LogP contribution in [0.25, 0.3) is 0 Å². The number of hydrogen-bond acceptors (Lipinski definition) is 7. The third-order valence-electron chi connectivity index (χ3n) is 8.59. The molecule has 1 aliphatic heterocycles. The number of rotatable bonds is 3. The van der Waals surface area contributed by atoms with Crippen LogP contribution in [0.2, 0.25) is 0 Å². The van der Waals surface area contributed by atoms with E-state index in [9.17, 15) is 14.9 Å². The van der Waals surface area contributed by atoms with Gasteiger partial charge in [0.05, 0.1) is 11.5 Å². The van der Waals surface area contributed by atoms with Gasteiger partial charge in [-0.15, -0.1) is 0 Å². The molecule has 8 heteroatoms. The van der Waals surface area contributed by atoms with Crippen molar-refractivity contribution in [1.82, 2.24) is 0 Å². The number of hydrogen-bond donors (Lipinski definition) is 0. The van der Waals surface area contributed by atoms with Crippen molar-refractivity contribution >= 4 is 11.8 Å². The van der Waals surface area contributed by atoms with Crippen molar-refractivity contribution in [1.29, 1.82) is 0 Å². The number of non-ortho nitro benzene ring substituents is 1. The lowest BCUT2D eigenvalue weighted by Gasteiger charge is -2.59. The summed E-state index contributed by atoms with van der Waals surface area (Å²) in [5, 5.41) is 10.8. The maximum Gasteiger partial charge on any atom is 0.514 e. The van der Waals surface area contributed by atoms with Crippen molar-refractivity contribution < 1.29 is 28.7 Å².